The number of rotatable bonds is 8. The van der Waals surface area contributed by atoms with Crippen molar-refractivity contribution in [2.75, 3.05) is 38.8 Å². The van der Waals surface area contributed by atoms with Crippen molar-refractivity contribution < 1.29 is 26.4 Å². The predicted molar refractivity (Wildman–Crippen MR) is 137 cm³/mol. The minimum absolute atomic E-state index is 0.000612. The monoisotopic (exact) mass is 530 g/mol. The molecule has 0 saturated carbocycles. The second kappa shape index (κ2) is 10.6. The summed E-state index contributed by atoms with van der Waals surface area (Å²) < 4.78 is 51.4. The Kier molecular flexibility index (Phi) is 7.94. The number of hydrogen-bond acceptors (Lipinski definition) is 6. The van der Waals surface area contributed by atoms with E-state index in [0.29, 0.717) is 11.4 Å². The molecule has 3 aromatic carbocycles. The third-order valence-electron chi connectivity index (χ3n) is 5.15. The Morgan fingerprint density at radius 2 is 0.917 bits per heavy atom. The van der Waals surface area contributed by atoms with Crippen molar-refractivity contribution in [1.29, 1.82) is 0 Å². The number of carbonyl (C=O) groups is 2. The van der Waals surface area contributed by atoms with Crippen molar-refractivity contribution in [3.05, 3.63) is 83.9 Å². The van der Waals surface area contributed by atoms with Crippen molar-refractivity contribution in [1.82, 2.24) is 8.61 Å². The van der Waals surface area contributed by atoms with Crippen LogP contribution in [0.4, 0.5) is 11.4 Å². The van der Waals surface area contributed by atoms with Crippen LogP contribution in [0, 0.1) is 0 Å². The molecular formula is C24H26N4O6S2. The Morgan fingerprint density at radius 1 is 0.583 bits per heavy atom. The average Bonchev–Trinajstić information content (AvgIpc) is 2.85. The SMILES string of the molecule is CN(C)S(=O)(=O)c1cccc(C(=O)Nc2ccc(NC(=O)c3cccc(S(=O)(=O)N(C)C)c3)cc2)c1. The fourth-order valence-electron chi connectivity index (χ4n) is 3.06. The number of carbonyl (C=O) groups excluding carboxylic acids is 2. The summed E-state index contributed by atoms with van der Waals surface area (Å²) in [6, 6.07) is 17.7. The van der Waals surface area contributed by atoms with Crippen LogP contribution in [0.2, 0.25) is 0 Å². The summed E-state index contributed by atoms with van der Waals surface area (Å²) in [4.78, 5) is 25.3. The zero-order valence-corrected chi connectivity index (χ0v) is 21.7. The van der Waals surface area contributed by atoms with Gasteiger partial charge >= 0.3 is 0 Å². The number of nitrogens with one attached hydrogen (secondary N) is 2. The molecule has 2 N–H and O–H groups in total. The first-order valence-corrected chi connectivity index (χ1v) is 13.5. The lowest BCUT2D eigenvalue weighted by Gasteiger charge is -2.13. The molecule has 0 unspecified atom stereocenters. The number of nitrogens with zero attached hydrogens (tertiary/aromatic N) is 2. The third kappa shape index (κ3) is 5.97. The molecule has 0 fully saturated rings. The molecule has 3 aromatic rings. The Hall–Kier alpha value is -3.58. The summed E-state index contributed by atoms with van der Waals surface area (Å²) >= 11 is 0. The highest BCUT2D eigenvalue weighted by atomic mass is 32.2. The van der Waals surface area contributed by atoms with Gasteiger partial charge in [0.1, 0.15) is 0 Å². The Labute approximate surface area is 210 Å². The first kappa shape index (κ1) is 27.0. The Morgan fingerprint density at radius 3 is 1.22 bits per heavy atom. The van der Waals surface area contributed by atoms with E-state index in [2.05, 4.69) is 10.6 Å². The maximum Gasteiger partial charge on any atom is 0.255 e. The molecule has 0 aromatic heterocycles. The van der Waals surface area contributed by atoms with E-state index in [4.69, 9.17) is 0 Å². The molecule has 0 atom stereocenters. The van der Waals surface area contributed by atoms with Crippen LogP contribution in [0.15, 0.2) is 82.6 Å². The molecule has 0 spiro atoms. The second-order valence-electron chi connectivity index (χ2n) is 8.12. The fourth-order valence-corrected chi connectivity index (χ4v) is 4.96. The van der Waals surface area contributed by atoms with Gasteiger partial charge in [-0.25, -0.2) is 25.4 Å². The van der Waals surface area contributed by atoms with E-state index < -0.39 is 31.9 Å². The standard InChI is InChI=1S/C24H26N4O6S2/c1-27(2)35(31,32)21-9-5-7-17(15-21)23(29)25-19-11-13-20(14-12-19)26-24(30)18-8-6-10-22(16-18)36(33,34)28(3)4/h5-16H,1-4H3,(H,25,29)(H,26,30). The molecule has 0 heterocycles. The molecule has 0 aliphatic heterocycles. The van der Waals surface area contributed by atoms with E-state index in [9.17, 15) is 26.4 Å². The third-order valence-corrected chi connectivity index (χ3v) is 8.77. The average molecular weight is 531 g/mol. The van der Waals surface area contributed by atoms with Gasteiger partial charge in [-0.15, -0.1) is 0 Å². The normalized spacial score (nSPS) is 11.9. The van der Waals surface area contributed by atoms with Crippen molar-refractivity contribution in [2.24, 2.45) is 0 Å². The maximum atomic E-state index is 12.6. The molecule has 0 aliphatic carbocycles. The summed E-state index contributed by atoms with van der Waals surface area (Å²) in [5, 5.41) is 5.36. The highest BCUT2D eigenvalue weighted by Gasteiger charge is 2.20. The molecule has 12 heteroatoms. The number of benzene rings is 3. The van der Waals surface area contributed by atoms with E-state index >= 15 is 0 Å². The van der Waals surface area contributed by atoms with E-state index in [0.717, 1.165) is 8.61 Å². The fraction of sp³-hybridized carbons (Fsp3) is 0.167. The van der Waals surface area contributed by atoms with Gasteiger partial charge in [0.2, 0.25) is 20.0 Å². The molecule has 190 valence electrons. The quantitative estimate of drug-likeness (QED) is 0.460. The van der Waals surface area contributed by atoms with Crippen molar-refractivity contribution >= 4 is 43.2 Å². The Balaban J connectivity index is 1.70. The summed E-state index contributed by atoms with van der Waals surface area (Å²) in [7, 11) is -1.74. The van der Waals surface area contributed by atoms with E-state index in [1.165, 1.54) is 76.7 Å². The van der Waals surface area contributed by atoms with Crippen LogP contribution in [0.5, 0.6) is 0 Å². The van der Waals surface area contributed by atoms with Gasteiger partial charge < -0.3 is 10.6 Å². The van der Waals surface area contributed by atoms with Gasteiger partial charge in [0.25, 0.3) is 11.8 Å². The lowest BCUT2D eigenvalue weighted by Crippen LogP contribution is -2.23. The largest absolute Gasteiger partial charge is 0.322 e. The van der Waals surface area contributed by atoms with Gasteiger partial charge in [-0.2, -0.15) is 0 Å². The van der Waals surface area contributed by atoms with Crippen molar-refractivity contribution in [3.8, 4) is 0 Å². The Bertz CT molecular complexity index is 1390. The minimum Gasteiger partial charge on any atom is -0.322 e. The molecule has 2 amide bonds. The zero-order chi connectivity index (χ0) is 26.7. The topological polar surface area (TPSA) is 133 Å². The molecule has 10 nitrogen and oxygen atoms in total. The van der Waals surface area contributed by atoms with Crippen LogP contribution in [-0.4, -0.2) is 65.5 Å². The molecule has 3 rings (SSSR count). The first-order valence-electron chi connectivity index (χ1n) is 10.6. The van der Waals surface area contributed by atoms with Crippen molar-refractivity contribution in [3.63, 3.8) is 0 Å². The lowest BCUT2D eigenvalue weighted by atomic mass is 10.2. The zero-order valence-electron chi connectivity index (χ0n) is 20.1. The van der Waals surface area contributed by atoms with Gasteiger partial charge in [0, 0.05) is 50.7 Å². The molecular weight excluding hydrogens is 504 g/mol. The van der Waals surface area contributed by atoms with Gasteiger partial charge in [-0.3, -0.25) is 9.59 Å². The summed E-state index contributed by atoms with van der Waals surface area (Å²) in [6.45, 7) is 0. The van der Waals surface area contributed by atoms with Crippen LogP contribution in [0.25, 0.3) is 0 Å². The first-order chi connectivity index (χ1) is 16.8. The minimum atomic E-state index is -3.68. The predicted octanol–water partition coefficient (Wildman–Crippen LogP) is 2.69. The number of anilines is 2. The summed E-state index contributed by atoms with van der Waals surface area (Å²) in [5.41, 5.74) is 1.20. The molecule has 36 heavy (non-hydrogen) atoms. The highest BCUT2D eigenvalue weighted by Crippen LogP contribution is 2.20. The van der Waals surface area contributed by atoms with E-state index in [1.807, 2.05) is 0 Å². The molecule has 0 saturated heterocycles. The van der Waals surface area contributed by atoms with Crippen LogP contribution >= 0.6 is 0 Å². The van der Waals surface area contributed by atoms with Crippen molar-refractivity contribution in [2.45, 2.75) is 9.79 Å². The van der Waals surface area contributed by atoms with E-state index in [-0.39, 0.29) is 20.9 Å². The van der Waals surface area contributed by atoms with E-state index in [1.54, 1.807) is 24.3 Å². The van der Waals surface area contributed by atoms with Crippen LogP contribution < -0.4 is 10.6 Å². The highest BCUT2D eigenvalue weighted by molar-refractivity contribution is 7.89. The second-order valence-corrected chi connectivity index (χ2v) is 12.4. The molecule has 0 bridgehead atoms. The lowest BCUT2D eigenvalue weighted by molar-refractivity contribution is 0.101. The number of amides is 2. The molecule has 0 aliphatic rings. The number of sulfonamides is 2. The smallest absolute Gasteiger partial charge is 0.255 e. The summed E-state index contributed by atoms with van der Waals surface area (Å²) in [5.74, 6) is -0.997. The van der Waals surface area contributed by atoms with Gasteiger partial charge in [-0.1, -0.05) is 12.1 Å². The van der Waals surface area contributed by atoms with Gasteiger partial charge in [0.05, 0.1) is 9.79 Å². The molecule has 0 radical (unpaired) electrons. The maximum absolute atomic E-state index is 12.6. The number of hydrogen-bond donors (Lipinski definition) is 2. The van der Waals surface area contributed by atoms with Gasteiger partial charge in [0.15, 0.2) is 0 Å². The summed E-state index contributed by atoms with van der Waals surface area (Å²) in [6.07, 6.45) is 0. The van der Waals surface area contributed by atoms with Crippen LogP contribution in [0.3, 0.4) is 0 Å². The van der Waals surface area contributed by atoms with Crippen LogP contribution in [0.1, 0.15) is 20.7 Å². The van der Waals surface area contributed by atoms with Crippen LogP contribution in [-0.2, 0) is 20.0 Å². The van der Waals surface area contributed by atoms with Gasteiger partial charge in [-0.05, 0) is 60.7 Å².